The molecule has 15 rings (SSSR count). The molecule has 0 N–H and O–H groups in total. The first-order valence-corrected chi connectivity index (χ1v) is 33.3. The van der Waals surface area contributed by atoms with E-state index < -0.39 is 0 Å². The molecule has 0 aromatic heterocycles. The first-order valence-electron chi connectivity index (χ1n) is 33.3. The van der Waals surface area contributed by atoms with Crippen molar-refractivity contribution in [2.24, 2.45) is 0 Å². The summed E-state index contributed by atoms with van der Waals surface area (Å²) in [6.45, 7) is 48.9. The molecule has 0 spiro atoms. The van der Waals surface area contributed by atoms with Crippen molar-refractivity contribution in [2.45, 2.75) is 172 Å². The zero-order chi connectivity index (χ0) is 64.3. The average Bonchev–Trinajstić information content (AvgIpc) is 0.823. The minimum absolute atomic E-state index is 0.519. The molecule has 0 radical (unpaired) electrons. The summed E-state index contributed by atoms with van der Waals surface area (Å²) in [5.41, 5.74) is 37.6. The maximum Gasteiger partial charge on any atom is 0.00671 e. The lowest BCUT2D eigenvalue weighted by Gasteiger charge is -2.31. The van der Waals surface area contributed by atoms with Gasteiger partial charge in [0.25, 0.3) is 0 Å². The largest absolute Gasteiger partial charge is 0.0905 e. The molecule has 4 atom stereocenters. The number of hydrogen-bond acceptors (Lipinski definition) is 0. The molecule has 0 heteroatoms. The topological polar surface area (TPSA) is 0 Å². The molecule has 0 amide bonds. The predicted octanol–water partition coefficient (Wildman–Crippen LogP) is 23.1. The average molecular weight is 1180 g/mol. The first kappa shape index (κ1) is 63.3. The van der Waals surface area contributed by atoms with E-state index in [1.807, 2.05) is 0 Å². The van der Waals surface area contributed by atoms with Crippen LogP contribution in [0.2, 0.25) is 0 Å². The molecule has 4 aliphatic carbocycles. The summed E-state index contributed by atoms with van der Waals surface area (Å²) in [4.78, 5) is 0. The minimum Gasteiger partial charge on any atom is -0.0905 e. The van der Waals surface area contributed by atoms with E-state index in [1.54, 1.807) is 0 Å². The third kappa shape index (κ3) is 12.1. The summed E-state index contributed by atoms with van der Waals surface area (Å²) in [7, 11) is 0. The minimum atomic E-state index is 0.519. The fourth-order valence-corrected chi connectivity index (χ4v) is 15.7. The molecule has 4 unspecified atom stereocenters. The molecule has 0 saturated carbocycles. The summed E-state index contributed by atoms with van der Waals surface area (Å²) >= 11 is 0. The van der Waals surface area contributed by atoms with E-state index in [-0.39, 0.29) is 0 Å². The van der Waals surface area contributed by atoms with Crippen LogP contribution >= 0.6 is 0 Å². The van der Waals surface area contributed by atoms with Gasteiger partial charge in [-0.15, -0.1) is 0 Å². The van der Waals surface area contributed by atoms with Gasteiger partial charge in [-0.1, -0.05) is 306 Å². The Balaban J connectivity index is 0.000000116. The van der Waals surface area contributed by atoms with E-state index in [0.717, 1.165) is 10.4 Å². The van der Waals surface area contributed by atoms with Gasteiger partial charge in [0.15, 0.2) is 0 Å². The Morgan fingerprint density at radius 1 is 0.167 bits per heavy atom. The van der Waals surface area contributed by atoms with Crippen LogP contribution in [0.3, 0.4) is 0 Å². The van der Waals surface area contributed by atoms with E-state index in [9.17, 15) is 0 Å². The van der Waals surface area contributed by atoms with Gasteiger partial charge in [0.1, 0.15) is 0 Å². The molecule has 11 aromatic carbocycles. The van der Waals surface area contributed by atoms with Gasteiger partial charge in [0, 0.05) is 47.3 Å². The second-order valence-corrected chi connectivity index (χ2v) is 27.9. The summed E-state index contributed by atoms with van der Waals surface area (Å²) < 4.78 is 0. The van der Waals surface area contributed by atoms with Gasteiger partial charge in [0.2, 0.25) is 0 Å². The summed E-state index contributed by atoms with van der Waals surface area (Å²) in [5.74, 6) is 4.16. The maximum absolute atomic E-state index is 4.26. The molecular formula is C90H96. The molecule has 11 aromatic rings. The number of aryl methyl sites for hydroxylation is 10. The van der Waals surface area contributed by atoms with E-state index in [4.69, 9.17) is 0 Å². The lowest BCUT2D eigenvalue weighted by atomic mass is 9.73. The lowest BCUT2D eigenvalue weighted by Crippen LogP contribution is -2.15. The van der Waals surface area contributed by atoms with Crippen molar-refractivity contribution in [2.75, 3.05) is 0 Å². The van der Waals surface area contributed by atoms with Crippen molar-refractivity contribution in [3.63, 3.8) is 0 Å². The highest BCUT2D eigenvalue weighted by molar-refractivity contribution is 6.00. The van der Waals surface area contributed by atoms with E-state index in [1.165, 1.54) is 166 Å². The highest BCUT2D eigenvalue weighted by Gasteiger charge is 2.31. The van der Waals surface area contributed by atoms with Crippen molar-refractivity contribution in [3.8, 4) is 0 Å². The number of hydrogen-bond donors (Lipinski definition) is 0. The van der Waals surface area contributed by atoms with Gasteiger partial charge < -0.3 is 0 Å². The van der Waals surface area contributed by atoms with Gasteiger partial charge in [-0.3, -0.25) is 0 Å². The molecule has 0 aliphatic heterocycles. The van der Waals surface area contributed by atoms with Crippen molar-refractivity contribution < 1.29 is 0 Å². The van der Waals surface area contributed by atoms with Crippen LogP contribution in [-0.4, -0.2) is 0 Å². The summed E-state index contributed by atoms with van der Waals surface area (Å²) in [6.07, 6.45) is 0. The van der Waals surface area contributed by atoms with Crippen LogP contribution in [0.1, 0.15) is 247 Å². The van der Waals surface area contributed by atoms with Crippen molar-refractivity contribution >= 4 is 34.7 Å². The zero-order valence-electron chi connectivity index (χ0n) is 57.4. The van der Waals surface area contributed by atoms with E-state index >= 15 is 0 Å². The Morgan fingerprint density at radius 3 is 0.478 bits per heavy atom. The van der Waals surface area contributed by atoms with Crippen LogP contribution in [0, 0.1) is 69.2 Å². The molecule has 0 nitrogen and oxygen atoms in total. The Bertz CT molecular complexity index is 4160. The van der Waals surface area contributed by atoms with Crippen LogP contribution in [0.5, 0.6) is 0 Å². The second-order valence-electron chi connectivity index (χ2n) is 27.9. The van der Waals surface area contributed by atoms with Crippen molar-refractivity contribution in [3.05, 3.63) is 337 Å². The molecule has 0 fully saturated rings. The van der Waals surface area contributed by atoms with Crippen LogP contribution in [0.25, 0.3) is 34.7 Å². The first-order chi connectivity index (χ1) is 42.9. The molecule has 90 heavy (non-hydrogen) atoms. The fraction of sp³-hybridized carbons (Fsp3) is 0.289. The molecule has 0 bridgehead atoms. The standard InChI is InChI=1S/2C18H20.C18H16.2C18H20/c3*1-11-5-7-15-14(4)18-10-12(2)6-8-16(18)13(3)17(15)9-11;2*1-11-5-7-15-13(3)16-8-6-12(2)10-18(16)14(4)17(15)9-11/h2*5-10,13-14H,1-4H3;5-10H,3-4H2,1-2H3;2*5-10,13-14H,1-4H3. The van der Waals surface area contributed by atoms with E-state index in [2.05, 4.69) is 320 Å². The molecule has 0 saturated heterocycles. The normalized spacial score (nSPS) is 19.3. The summed E-state index contributed by atoms with van der Waals surface area (Å²) in [6, 6.07) is 68.3. The van der Waals surface area contributed by atoms with Crippen molar-refractivity contribution in [1.29, 1.82) is 0 Å². The predicted molar refractivity (Wildman–Crippen MR) is 391 cm³/mol. The van der Waals surface area contributed by atoms with Gasteiger partial charge >= 0.3 is 0 Å². The molecule has 0 heterocycles. The Labute approximate surface area is 540 Å². The monoisotopic (exact) mass is 1180 g/mol. The third-order valence-electron chi connectivity index (χ3n) is 21.1. The molecule has 4 aliphatic rings. The summed E-state index contributed by atoms with van der Waals surface area (Å²) in [5, 5.41) is 7.08. The van der Waals surface area contributed by atoms with Crippen LogP contribution in [-0.2, 0) is 0 Å². The van der Waals surface area contributed by atoms with Gasteiger partial charge in [0.05, 0.1) is 0 Å². The number of fused-ring (bicyclic) bond motifs is 10. The Kier molecular flexibility index (Phi) is 17.9. The smallest absolute Gasteiger partial charge is 0.00671 e. The van der Waals surface area contributed by atoms with Crippen LogP contribution < -0.4 is 10.4 Å². The third-order valence-corrected chi connectivity index (χ3v) is 21.1. The number of benzene rings is 11. The SMILES string of the molecule is C=c1c2ccc(C)cc2c(=C)c2ccc(C)cc12.Cc1ccc2c(c1)C(C)c1cc(C)ccc1C2C.Cc1ccc2c(c1)C(C)c1cc(C)ccc1C2C.Cc1ccc2c(c1)C(C)c1ccc(C)cc1C2C.Cc1ccc2c(c1)C(C)c1ccc(C)cc1C2C. The Morgan fingerprint density at radius 2 is 0.300 bits per heavy atom. The highest BCUT2D eigenvalue weighted by Crippen LogP contribution is 2.47. The van der Waals surface area contributed by atoms with Gasteiger partial charge in [-0.2, -0.15) is 0 Å². The van der Waals surface area contributed by atoms with Crippen LogP contribution in [0.15, 0.2) is 182 Å². The van der Waals surface area contributed by atoms with Crippen LogP contribution in [0.4, 0.5) is 0 Å². The molecular weight excluding hydrogens is 1080 g/mol. The van der Waals surface area contributed by atoms with Crippen molar-refractivity contribution in [1.82, 2.24) is 0 Å². The fourth-order valence-electron chi connectivity index (χ4n) is 15.7. The maximum atomic E-state index is 4.26. The van der Waals surface area contributed by atoms with Gasteiger partial charge in [-0.25, -0.2) is 0 Å². The number of rotatable bonds is 0. The van der Waals surface area contributed by atoms with E-state index in [0.29, 0.717) is 47.3 Å². The quantitative estimate of drug-likeness (QED) is 0.133. The second kappa shape index (κ2) is 25.5. The molecule has 456 valence electrons. The highest BCUT2D eigenvalue weighted by atomic mass is 14.3. The van der Waals surface area contributed by atoms with Gasteiger partial charge in [-0.05, 0) is 190 Å². The zero-order valence-corrected chi connectivity index (χ0v) is 57.4. The lowest BCUT2D eigenvalue weighted by molar-refractivity contribution is 0.769. The Hall–Kier alpha value is -8.32.